The zero-order valence-electron chi connectivity index (χ0n) is 15.6. The predicted molar refractivity (Wildman–Crippen MR) is 105 cm³/mol. The van der Waals surface area contributed by atoms with E-state index in [-0.39, 0.29) is 17.9 Å². The molecule has 1 unspecified atom stereocenters. The second-order valence-corrected chi connectivity index (χ2v) is 7.61. The summed E-state index contributed by atoms with van der Waals surface area (Å²) in [5.74, 6) is -0.105. The van der Waals surface area contributed by atoms with Gasteiger partial charge >= 0.3 is 0 Å². The molecule has 4 heteroatoms. The largest absolute Gasteiger partial charge is 0.351 e. The van der Waals surface area contributed by atoms with Crippen LogP contribution in [0.2, 0.25) is 0 Å². The summed E-state index contributed by atoms with van der Waals surface area (Å²) in [5.41, 5.74) is 2.50. The first-order valence-electron chi connectivity index (χ1n) is 9.98. The van der Waals surface area contributed by atoms with E-state index in [4.69, 9.17) is 0 Å². The average Bonchev–Trinajstić information content (AvgIpc) is 2.84. The van der Waals surface area contributed by atoms with Crippen molar-refractivity contribution < 1.29 is 9.59 Å². The molecule has 0 bridgehead atoms. The molecule has 1 N–H and O–H groups in total. The Morgan fingerprint density at radius 2 is 1.59 bits per heavy atom. The van der Waals surface area contributed by atoms with E-state index in [0.29, 0.717) is 12.1 Å². The number of benzene rings is 2. The van der Waals surface area contributed by atoms with Gasteiger partial charge in [-0.1, -0.05) is 74.2 Å². The molecule has 0 radical (unpaired) electrons. The molecule has 1 saturated carbocycles. The van der Waals surface area contributed by atoms with Crippen LogP contribution in [0.3, 0.4) is 0 Å². The summed E-state index contributed by atoms with van der Waals surface area (Å²) in [6, 6.07) is 17.1. The third-order valence-electron chi connectivity index (χ3n) is 5.70. The molecule has 0 saturated heterocycles. The molecule has 2 aromatic rings. The number of rotatable bonds is 4. The predicted octanol–water partition coefficient (Wildman–Crippen LogP) is 4.22. The fourth-order valence-electron chi connectivity index (χ4n) is 4.30. The van der Waals surface area contributed by atoms with E-state index < -0.39 is 6.04 Å². The maximum Gasteiger partial charge on any atom is 0.255 e. The van der Waals surface area contributed by atoms with E-state index in [2.05, 4.69) is 5.32 Å². The minimum Gasteiger partial charge on any atom is -0.351 e. The van der Waals surface area contributed by atoms with Crippen LogP contribution in [-0.2, 0) is 11.3 Å². The summed E-state index contributed by atoms with van der Waals surface area (Å²) in [7, 11) is 0. The summed E-state index contributed by atoms with van der Waals surface area (Å²) >= 11 is 0. The molecule has 4 rings (SSSR count). The van der Waals surface area contributed by atoms with Gasteiger partial charge in [-0.25, -0.2) is 0 Å². The van der Waals surface area contributed by atoms with E-state index in [1.165, 1.54) is 25.7 Å². The van der Waals surface area contributed by atoms with Crippen molar-refractivity contribution in [2.75, 3.05) is 0 Å². The van der Waals surface area contributed by atoms with Crippen molar-refractivity contribution in [3.05, 3.63) is 71.3 Å². The van der Waals surface area contributed by atoms with E-state index in [1.807, 2.05) is 54.6 Å². The van der Waals surface area contributed by atoms with Crippen LogP contribution >= 0.6 is 0 Å². The van der Waals surface area contributed by atoms with Crippen molar-refractivity contribution in [2.45, 2.75) is 57.2 Å². The van der Waals surface area contributed by atoms with Crippen molar-refractivity contribution in [2.24, 2.45) is 0 Å². The third kappa shape index (κ3) is 3.75. The lowest BCUT2D eigenvalue weighted by molar-refractivity contribution is -0.126. The Labute approximate surface area is 160 Å². The number of nitrogens with zero attached hydrogens (tertiary/aromatic N) is 1. The van der Waals surface area contributed by atoms with E-state index >= 15 is 0 Å². The average molecular weight is 362 g/mol. The van der Waals surface area contributed by atoms with Crippen LogP contribution in [0, 0.1) is 0 Å². The Morgan fingerprint density at radius 3 is 2.33 bits per heavy atom. The SMILES string of the molecule is O=C(NC1CCCCCC1)C1c2ccccc2C(=O)N1Cc1ccccc1. The molecule has 1 aliphatic carbocycles. The van der Waals surface area contributed by atoms with Crippen molar-refractivity contribution in [1.82, 2.24) is 10.2 Å². The van der Waals surface area contributed by atoms with Gasteiger partial charge in [0.15, 0.2) is 0 Å². The Hall–Kier alpha value is -2.62. The van der Waals surface area contributed by atoms with Crippen molar-refractivity contribution in [3.63, 3.8) is 0 Å². The van der Waals surface area contributed by atoms with Gasteiger partial charge in [-0.2, -0.15) is 0 Å². The van der Waals surface area contributed by atoms with Gasteiger partial charge in [-0.3, -0.25) is 9.59 Å². The molecule has 140 valence electrons. The van der Waals surface area contributed by atoms with Gasteiger partial charge in [0.25, 0.3) is 5.91 Å². The number of hydrogen-bond acceptors (Lipinski definition) is 2. The van der Waals surface area contributed by atoms with Crippen LogP contribution in [0.1, 0.15) is 66.1 Å². The highest BCUT2D eigenvalue weighted by atomic mass is 16.2. The first-order valence-corrected chi connectivity index (χ1v) is 9.98. The van der Waals surface area contributed by atoms with Gasteiger partial charge < -0.3 is 10.2 Å². The maximum absolute atomic E-state index is 13.2. The quantitative estimate of drug-likeness (QED) is 0.828. The number of nitrogens with one attached hydrogen (secondary N) is 1. The lowest BCUT2D eigenvalue weighted by Gasteiger charge is -2.27. The second kappa shape index (κ2) is 7.95. The highest BCUT2D eigenvalue weighted by molar-refractivity contribution is 6.04. The van der Waals surface area contributed by atoms with Crippen LogP contribution in [0.15, 0.2) is 54.6 Å². The van der Waals surface area contributed by atoms with E-state index in [1.54, 1.807) is 4.90 Å². The van der Waals surface area contributed by atoms with Gasteiger partial charge in [0.1, 0.15) is 6.04 Å². The molecule has 27 heavy (non-hydrogen) atoms. The number of carbonyl (C=O) groups is 2. The lowest BCUT2D eigenvalue weighted by atomic mass is 10.0. The maximum atomic E-state index is 13.2. The molecule has 1 heterocycles. The first-order chi connectivity index (χ1) is 13.2. The minimum atomic E-state index is -0.544. The Morgan fingerprint density at radius 1 is 0.926 bits per heavy atom. The van der Waals surface area contributed by atoms with Crippen LogP contribution in [0.4, 0.5) is 0 Å². The molecule has 0 aromatic heterocycles. The van der Waals surface area contributed by atoms with Gasteiger partial charge in [0, 0.05) is 18.2 Å². The van der Waals surface area contributed by atoms with Crippen LogP contribution in [-0.4, -0.2) is 22.8 Å². The molecular formula is C23H26N2O2. The van der Waals surface area contributed by atoms with Gasteiger partial charge in [-0.05, 0) is 30.0 Å². The summed E-state index contributed by atoms with van der Waals surface area (Å²) in [4.78, 5) is 28.0. The fraction of sp³-hybridized carbons (Fsp3) is 0.391. The Bertz CT molecular complexity index is 810. The van der Waals surface area contributed by atoms with Gasteiger partial charge in [0.2, 0.25) is 5.91 Å². The highest BCUT2D eigenvalue weighted by Gasteiger charge is 2.41. The van der Waals surface area contributed by atoms with Gasteiger partial charge in [-0.15, -0.1) is 0 Å². The molecule has 2 aromatic carbocycles. The molecule has 2 aliphatic rings. The standard InChI is InChI=1S/C23H26N2O2/c26-22(24-18-12-6-1-2-7-13-18)21-19-14-8-9-15-20(19)23(27)25(21)16-17-10-4-3-5-11-17/h3-5,8-11,14-15,18,21H,1-2,6-7,12-13,16H2,(H,24,26). The zero-order chi connectivity index (χ0) is 18.6. The molecule has 1 aliphatic heterocycles. The van der Waals surface area contributed by atoms with Crippen molar-refractivity contribution in [3.8, 4) is 0 Å². The topological polar surface area (TPSA) is 49.4 Å². The molecule has 0 spiro atoms. The highest BCUT2D eigenvalue weighted by Crippen LogP contribution is 2.35. The van der Waals surface area contributed by atoms with Crippen molar-refractivity contribution >= 4 is 11.8 Å². The number of carbonyl (C=O) groups excluding carboxylic acids is 2. The summed E-state index contributed by atoms with van der Waals surface area (Å²) in [6.07, 6.45) is 6.89. The third-order valence-corrected chi connectivity index (χ3v) is 5.70. The normalized spacial score (nSPS) is 20.2. The Balaban J connectivity index is 1.59. The Kier molecular flexibility index (Phi) is 5.23. The summed E-state index contributed by atoms with van der Waals surface area (Å²) < 4.78 is 0. The van der Waals surface area contributed by atoms with Crippen LogP contribution in [0.5, 0.6) is 0 Å². The summed E-state index contributed by atoms with van der Waals surface area (Å²) in [5, 5.41) is 3.25. The van der Waals surface area contributed by atoms with Crippen LogP contribution in [0.25, 0.3) is 0 Å². The molecule has 1 atom stereocenters. The van der Waals surface area contributed by atoms with E-state index in [9.17, 15) is 9.59 Å². The smallest absolute Gasteiger partial charge is 0.255 e. The monoisotopic (exact) mass is 362 g/mol. The molecular weight excluding hydrogens is 336 g/mol. The number of hydrogen-bond donors (Lipinski definition) is 1. The number of fused-ring (bicyclic) bond motifs is 1. The van der Waals surface area contributed by atoms with Gasteiger partial charge in [0.05, 0.1) is 0 Å². The lowest BCUT2D eigenvalue weighted by Crippen LogP contribution is -2.43. The van der Waals surface area contributed by atoms with E-state index in [0.717, 1.165) is 24.0 Å². The first kappa shape index (κ1) is 17.8. The molecule has 1 fully saturated rings. The van der Waals surface area contributed by atoms with Crippen LogP contribution < -0.4 is 5.32 Å². The zero-order valence-corrected chi connectivity index (χ0v) is 15.6. The minimum absolute atomic E-state index is 0.0452. The second-order valence-electron chi connectivity index (χ2n) is 7.61. The molecule has 4 nitrogen and oxygen atoms in total. The van der Waals surface area contributed by atoms with Crippen molar-refractivity contribution in [1.29, 1.82) is 0 Å². The number of amides is 2. The summed E-state index contributed by atoms with van der Waals surface area (Å²) in [6.45, 7) is 0.442. The molecule has 2 amide bonds. The fourth-order valence-corrected chi connectivity index (χ4v) is 4.30.